The molecule has 0 saturated heterocycles. The molecule has 2 aromatic carbocycles. The molecule has 1 aromatic heterocycles. The van der Waals surface area contributed by atoms with Crippen LogP contribution < -0.4 is 25.1 Å². The van der Waals surface area contributed by atoms with Crippen LogP contribution in [0.4, 0.5) is 0 Å². The Kier molecular flexibility index (Phi) is 6.95. The Morgan fingerprint density at radius 2 is 1.73 bits per heavy atom. The van der Waals surface area contributed by atoms with Crippen LogP contribution in [0.25, 0.3) is 10.9 Å². The summed E-state index contributed by atoms with van der Waals surface area (Å²) in [4.78, 5) is 27.6. The number of aromatic amines is 1. The zero-order valence-corrected chi connectivity index (χ0v) is 17.4. The van der Waals surface area contributed by atoms with Gasteiger partial charge in [0.2, 0.25) is 5.91 Å². The summed E-state index contributed by atoms with van der Waals surface area (Å²) in [6.45, 7) is 2.89. The van der Waals surface area contributed by atoms with Gasteiger partial charge < -0.3 is 24.5 Å². The highest BCUT2D eigenvalue weighted by Crippen LogP contribution is 2.31. The number of amides is 1. The molecule has 0 radical (unpaired) electrons. The van der Waals surface area contributed by atoms with E-state index in [1.165, 1.54) is 0 Å². The molecule has 0 bridgehead atoms. The number of hydrogen-bond acceptors (Lipinski definition) is 5. The van der Waals surface area contributed by atoms with Crippen molar-refractivity contribution in [1.82, 2.24) is 10.3 Å². The van der Waals surface area contributed by atoms with E-state index >= 15 is 0 Å². The summed E-state index contributed by atoms with van der Waals surface area (Å²) in [7, 11) is 3.13. The van der Waals surface area contributed by atoms with Gasteiger partial charge in [0.05, 0.1) is 32.8 Å². The van der Waals surface area contributed by atoms with Crippen LogP contribution in [0.5, 0.6) is 17.2 Å². The third kappa shape index (κ3) is 4.92. The molecule has 3 aromatic rings. The number of carbonyl (C=O) groups is 1. The summed E-state index contributed by atoms with van der Waals surface area (Å²) in [5, 5.41) is 3.62. The van der Waals surface area contributed by atoms with Gasteiger partial charge >= 0.3 is 0 Å². The number of fused-ring (bicyclic) bond motifs is 1. The monoisotopic (exact) mass is 410 g/mol. The van der Waals surface area contributed by atoms with Crippen LogP contribution in [0, 0.1) is 0 Å². The normalized spacial score (nSPS) is 10.6. The van der Waals surface area contributed by atoms with E-state index in [0.717, 1.165) is 16.7 Å². The molecule has 7 heteroatoms. The van der Waals surface area contributed by atoms with E-state index in [-0.39, 0.29) is 17.9 Å². The lowest BCUT2D eigenvalue weighted by atomic mass is 10.1. The standard InChI is InChI=1S/C23H26N2O5/c1-4-30-17-7-5-15(6-8-17)13-21(26)24-12-11-16-14-18-19(28-2)9-10-20(29-3)22(18)25-23(16)27/h5-10,14H,4,11-13H2,1-3H3,(H,24,26)(H,25,27). The summed E-state index contributed by atoms with van der Waals surface area (Å²) < 4.78 is 16.1. The first-order chi connectivity index (χ1) is 14.5. The van der Waals surface area contributed by atoms with Gasteiger partial charge in [-0.3, -0.25) is 9.59 Å². The Morgan fingerprint density at radius 3 is 2.40 bits per heavy atom. The van der Waals surface area contributed by atoms with Gasteiger partial charge in [-0.2, -0.15) is 0 Å². The molecule has 0 atom stereocenters. The Balaban J connectivity index is 1.64. The van der Waals surface area contributed by atoms with Crippen molar-refractivity contribution in [2.24, 2.45) is 0 Å². The van der Waals surface area contributed by atoms with E-state index in [9.17, 15) is 9.59 Å². The summed E-state index contributed by atoms with van der Waals surface area (Å²) in [6.07, 6.45) is 0.673. The number of H-pyrrole nitrogens is 1. The molecule has 0 saturated carbocycles. The molecule has 2 N–H and O–H groups in total. The number of carbonyl (C=O) groups excluding carboxylic acids is 1. The highest BCUT2D eigenvalue weighted by molar-refractivity contribution is 5.90. The molecule has 7 nitrogen and oxygen atoms in total. The largest absolute Gasteiger partial charge is 0.496 e. The van der Waals surface area contributed by atoms with Gasteiger partial charge in [-0.25, -0.2) is 0 Å². The second kappa shape index (κ2) is 9.82. The second-order valence-electron chi connectivity index (χ2n) is 6.74. The third-order valence-electron chi connectivity index (χ3n) is 4.77. The molecule has 1 heterocycles. The Hall–Kier alpha value is -3.48. The summed E-state index contributed by atoms with van der Waals surface area (Å²) >= 11 is 0. The zero-order valence-electron chi connectivity index (χ0n) is 17.4. The highest BCUT2D eigenvalue weighted by Gasteiger charge is 2.12. The van der Waals surface area contributed by atoms with Crippen molar-refractivity contribution >= 4 is 16.8 Å². The molecular weight excluding hydrogens is 384 g/mol. The molecule has 0 spiro atoms. The fraction of sp³-hybridized carbons (Fsp3) is 0.304. The van der Waals surface area contributed by atoms with Crippen molar-refractivity contribution in [2.75, 3.05) is 27.4 Å². The number of pyridine rings is 1. The van der Waals surface area contributed by atoms with Crippen molar-refractivity contribution in [3.63, 3.8) is 0 Å². The maximum absolute atomic E-state index is 12.5. The molecule has 0 aliphatic carbocycles. The van der Waals surface area contributed by atoms with Crippen LogP contribution >= 0.6 is 0 Å². The lowest BCUT2D eigenvalue weighted by Crippen LogP contribution is -2.28. The highest BCUT2D eigenvalue weighted by atomic mass is 16.5. The smallest absolute Gasteiger partial charge is 0.251 e. The predicted octanol–water partition coefficient (Wildman–Crippen LogP) is 2.85. The molecule has 0 aliphatic heterocycles. The van der Waals surface area contributed by atoms with E-state index < -0.39 is 0 Å². The number of nitrogens with one attached hydrogen (secondary N) is 2. The van der Waals surface area contributed by atoms with Crippen molar-refractivity contribution in [3.05, 3.63) is 63.9 Å². The minimum Gasteiger partial charge on any atom is -0.496 e. The van der Waals surface area contributed by atoms with E-state index in [4.69, 9.17) is 14.2 Å². The van der Waals surface area contributed by atoms with Crippen LogP contribution in [0.15, 0.2) is 47.3 Å². The van der Waals surface area contributed by atoms with Crippen molar-refractivity contribution in [1.29, 1.82) is 0 Å². The average Bonchev–Trinajstić information content (AvgIpc) is 2.75. The second-order valence-corrected chi connectivity index (χ2v) is 6.74. The molecule has 0 fully saturated rings. The lowest BCUT2D eigenvalue weighted by molar-refractivity contribution is -0.120. The number of ether oxygens (including phenoxy) is 3. The zero-order chi connectivity index (χ0) is 21.5. The SMILES string of the molecule is CCOc1ccc(CC(=O)NCCc2cc3c(OC)ccc(OC)c3[nH]c2=O)cc1. The minimum absolute atomic E-state index is 0.101. The van der Waals surface area contributed by atoms with Crippen LogP contribution in [-0.2, 0) is 17.6 Å². The topological polar surface area (TPSA) is 89.7 Å². The number of aromatic nitrogens is 1. The number of methoxy groups -OCH3 is 2. The minimum atomic E-state index is -0.213. The first-order valence-electron chi connectivity index (χ1n) is 9.81. The predicted molar refractivity (Wildman–Crippen MR) is 116 cm³/mol. The Morgan fingerprint density at radius 1 is 1.03 bits per heavy atom. The number of rotatable bonds is 9. The fourth-order valence-electron chi connectivity index (χ4n) is 3.27. The molecular formula is C23H26N2O5. The molecule has 0 aliphatic rings. The summed E-state index contributed by atoms with van der Waals surface area (Å²) in [5.41, 5.74) is 1.84. The quantitative estimate of drug-likeness (QED) is 0.566. The number of benzene rings is 2. The van der Waals surface area contributed by atoms with E-state index in [0.29, 0.717) is 42.2 Å². The first kappa shape index (κ1) is 21.2. The van der Waals surface area contributed by atoms with Crippen molar-refractivity contribution in [2.45, 2.75) is 19.8 Å². The van der Waals surface area contributed by atoms with Gasteiger partial charge in [-0.15, -0.1) is 0 Å². The van der Waals surface area contributed by atoms with Crippen molar-refractivity contribution < 1.29 is 19.0 Å². The molecule has 158 valence electrons. The van der Waals surface area contributed by atoms with Gasteiger partial charge in [0.1, 0.15) is 17.2 Å². The van der Waals surface area contributed by atoms with Gasteiger partial charge in [0.15, 0.2) is 0 Å². The van der Waals surface area contributed by atoms with Gasteiger partial charge in [-0.05, 0) is 49.2 Å². The van der Waals surface area contributed by atoms with Gasteiger partial charge in [0, 0.05) is 17.5 Å². The Labute approximate surface area is 175 Å². The maximum atomic E-state index is 12.5. The van der Waals surface area contributed by atoms with Crippen LogP contribution in [0.1, 0.15) is 18.1 Å². The van der Waals surface area contributed by atoms with E-state index in [1.54, 1.807) is 32.4 Å². The average molecular weight is 410 g/mol. The van der Waals surface area contributed by atoms with E-state index in [1.807, 2.05) is 31.2 Å². The van der Waals surface area contributed by atoms with Gasteiger partial charge in [0.25, 0.3) is 5.56 Å². The first-order valence-corrected chi connectivity index (χ1v) is 9.81. The van der Waals surface area contributed by atoms with E-state index in [2.05, 4.69) is 10.3 Å². The van der Waals surface area contributed by atoms with Gasteiger partial charge in [-0.1, -0.05) is 12.1 Å². The van der Waals surface area contributed by atoms with Crippen molar-refractivity contribution in [3.8, 4) is 17.2 Å². The van der Waals surface area contributed by atoms with Crippen LogP contribution in [0.3, 0.4) is 0 Å². The third-order valence-corrected chi connectivity index (χ3v) is 4.77. The fourth-order valence-corrected chi connectivity index (χ4v) is 3.27. The maximum Gasteiger partial charge on any atom is 0.251 e. The van der Waals surface area contributed by atoms with Crippen LogP contribution in [0.2, 0.25) is 0 Å². The van der Waals surface area contributed by atoms with Crippen LogP contribution in [-0.4, -0.2) is 38.3 Å². The summed E-state index contributed by atoms with van der Waals surface area (Å²) in [5.74, 6) is 1.89. The molecule has 30 heavy (non-hydrogen) atoms. The molecule has 3 rings (SSSR count). The Bertz CT molecular complexity index is 1070. The molecule has 1 amide bonds. The summed E-state index contributed by atoms with van der Waals surface area (Å²) in [6, 6.07) is 12.8. The number of hydrogen-bond donors (Lipinski definition) is 2. The molecule has 0 unspecified atom stereocenters. The lowest BCUT2D eigenvalue weighted by Gasteiger charge is -2.11.